The number of aliphatic carboxylic acids is 2. The largest absolute Gasteiger partial charge is 0.477 e. The Hall–Kier alpha value is -13.0. The van der Waals surface area contributed by atoms with Gasteiger partial charge in [-0.2, -0.15) is 0 Å². The van der Waals surface area contributed by atoms with E-state index in [0.29, 0.717) is 11.1 Å². The molecular weight excluding hydrogens is 1990 g/mol. The summed E-state index contributed by atoms with van der Waals surface area (Å²) in [5, 5.41) is 153. The van der Waals surface area contributed by atoms with Crippen LogP contribution in [0.15, 0.2) is 60.9 Å². The maximum absolute atomic E-state index is 13.9. The van der Waals surface area contributed by atoms with Gasteiger partial charge >= 0.3 is 11.9 Å². The fourth-order valence-electron chi connectivity index (χ4n) is 14.5. The molecule has 0 bridgehead atoms. The molecule has 4 heterocycles. The molecule has 0 spiro atoms. The number of carbonyl (C=O) groups excluding carboxylic acids is 15. The first-order chi connectivity index (χ1) is 71.7. The van der Waals surface area contributed by atoms with Crippen LogP contribution in [0, 0.1) is 0 Å². The van der Waals surface area contributed by atoms with E-state index in [1.807, 2.05) is 0 Å². The molecule has 2 aromatic heterocycles. The Morgan fingerprint density at radius 3 is 0.907 bits per heavy atom. The molecule has 2 saturated heterocycles. The summed E-state index contributed by atoms with van der Waals surface area (Å²) in [7, 11) is 0. The molecule has 2 fully saturated rings. The van der Waals surface area contributed by atoms with Gasteiger partial charge in [-0.25, -0.2) is 29.6 Å². The van der Waals surface area contributed by atoms with E-state index in [1.54, 1.807) is 36.4 Å². The second kappa shape index (κ2) is 68.7. The quantitative estimate of drug-likeness (QED) is 0.0183. The number of rotatable bonds is 76. The van der Waals surface area contributed by atoms with Crippen LogP contribution in [-0.4, -0.2) is 448 Å². The van der Waals surface area contributed by atoms with E-state index in [9.17, 15) is 133 Å². The molecule has 0 saturated carbocycles. The molecule has 0 aliphatic carbocycles. The van der Waals surface area contributed by atoms with Gasteiger partial charge in [-0.05, 0) is 35.4 Å². The zero-order valence-electron chi connectivity index (χ0n) is 83.7. The number of aromatic nitrogens is 6. The monoisotopic (exact) mass is 2130 g/mol. The Bertz CT molecular complexity index is 4930. The number of ether oxygens (including phenoxy) is 10. The number of hydrogen-bond acceptors (Lipinski definition) is 39. The number of carbonyl (C=O) groups is 17. The molecule has 150 heavy (non-hydrogen) atoms. The topological polar surface area (TPSA) is 827 Å². The maximum Gasteiger partial charge on any atom is 0.364 e. The number of nitrogens with one attached hydrogen (secondary N) is 10. The minimum atomic E-state index is -2.64. The molecule has 12 atom stereocenters. The van der Waals surface area contributed by atoms with Crippen LogP contribution in [0.3, 0.4) is 0 Å². The van der Waals surface area contributed by atoms with Gasteiger partial charge in [0.2, 0.25) is 76.8 Å². The third-order valence-corrected chi connectivity index (χ3v) is 22.3. The first-order valence-electron chi connectivity index (χ1n) is 48.5. The van der Waals surface area contributed by atoms with E-state index < -0.39 is 183 Å². The maximum atomic E-state index is 13.9. The highest BCUT2D eigenvalue weighted by molar-refractivity contribution is 5.95. The van der Waals surface area contributed by atoms with Crippen LogP contribution in [-0.2, 0) is 146 Å². The average Bonchev–Trinajstić information content (AvgIpc) is 0.862. The number of aliphatic hydroxyl groups is 8. The fraction of sp³-hybridized carbons (Fsp3) is 0.641. The lowest BCUT2D eigenvalue weighted by Crippen LogP contribution is -2.66. The smallest absolute Gasteiger partial charge is 0.364 e. The van der Waals surface area contributed by atoms with Gasteiger partial charge in [-0.15, -0.1) is 10.2 Å². The molecule has 834 valence electrons. The minimum Gasteiger partial charge on any atom is -0.477 e. The average molecular weight is 2130 g/mol. The molecule has 2 aliphatic rings. The Morgan fingerprint density at radius 1 is 0.400 bits per heavy atom. The van der Waals surface area contributed by atoms with Crippen molar-refractivity contribution in [3.63, 3.8) is 0 Å². The summed E-state index contributed by atoms with van der Waals surface area (Å²) >= 11 is 0. The third-order valence-electron chi connectivity index (χ3n) is 22.3. The van der Waals surface area contributed by atoms with Crippen LogP contribution in [0.25, 0.3) is 0 Å². The van der Waals surface area contributed by atoms with Crippen molar-refractivity contribution >= 4 is 101 Å². The van der Waals surface area contributed by atoms with E-state index >= 15 is 0 Å². The molecular formula is C92H139N21O37. The zero-order chi connectivity index (χ0) is 110. The summed E-state index contributed by atoms with van der Waals surface area (Å²) in [6.07, 6.45) is -14.7. The SMILES string of the molecule is CC(=O)[N][C@@H]1[C@H]([C@@H](O)[C@@H](O)CO)O[C@](OCc2cn(Cc3ccc(C(=O)N(CCNC(C)=O)CCNC(=O)CCC(=O)NCCOCCOCCNC(=O)CCC(=O)NCCOCCOCCNC(=O)CCC(=O)NCCOCCOCCNC(=O)CCC(=O)NCCN(CCNC(=O)CCC(N)=O)C(=O)c4ccc(Cn5cc(CO[C@]6(C(=O)O)C[C@H](O)[C@@H]([N]C(C)=O)[C@H]([C@H](O)[C@H](O)CO)O6)nn5)cc4)cc3)nn2)(C(=O)O)C[C@H]1O. The number of aliphatic hydroxyl groups excluding tert-OH is 8. The minimum absolute atomic E-state index is 0.0152. The van der Waals surface area contributed by atoms with Gasteiger partial charge in [-0.1, -0.05) is 34.7 Å². The highest BCUT2D eigenvalue weighted by Crippen LogP contribution is 2.37. The molecule has 58 nitrogen and oxygen atoms in total. The number of nitrogens with zero attached hydrogens (tertiary/aromatic N) is 10. The van der Waals surface area contributed by atoms with Gasteiger partial charge in [0.05, 0.1) is 143 Å². The third kappa shape index (κ3) is 47.9. The first-order valence-corrected chi connectivity index (χ1v) is 48.5. The van der Waals surface area contributed by atoms with Gasteiger partial charge in [0.25, 0.3) is 23.4 Å². The summed E-state index contributed by atoms with van der Waals surface area (Å²) in [5.41, 5.74) is 7.15. The molecule has 0 unspecified atom stereocenters. The van der Waals surface area contributed by atoms with E-state index in [-0.39, 0.29) is 300 Å². The van der Waals surface area contributed by atoms with E-state index in [0.717, 1.165) is 13.8 Å². The predicted molar refractivity (Wildman–Crippen MR) is 512 cm³/mol. The summed E-state index contributed by atoms with van der Waals surface area (Å²) in [5.74, 6) is -15.8. The normalized spacial score (nSPS) is 18.1. The first kappa shape index (κ1) is 126. The van der Waals surface area contributed by atoms with Crippen molar-refractivity contribution in [2.24, 2.45) is 5.73 Å². The lowest BCUT2D eigenvalue weighted by Gasteiger charge is -2.45. The van der Waals surface area contributed by atoms with Gasteiger partial charge in [0.1, 0.15) is 60.1 Å². The van der Waals surface area contributed by atoms with Crippen LogP contribution >= 0.6 is 0 Å². The fourth-order valence-corrected chi connectivity index (χ4v) is 14.5. The van der Waals surface area contributed by atoms with Crippen LogP contribution in [0.2, 0.25) is 0 Å². The summed E-state index contributed by atoms with van der Waals surface area (Å²) in [4.78, 5) is 214. The Morgan fingerprint density at radius 2 is 0.660 bits per heavy atom. The number of hydrogen-bond donors (Lipinski definition) is 21. The number of benzene rings is 2. The van der Waals surface area contributed by atoms with Gasteiger partial charge in [-0.3, -0.25) is 71.9 Å². The highest BCUT2D eigenvalue weighted by Gasteiger charge is 2.58. The second-order valence-corrected chi connectivity index (χ2v) is 34.2. The molecule has 2 aliphatic heterocycles. The van der Waals surface area contributed by atoms with Crippen molar-refractivity contribution < 1.29 is 180 Å². The predicted octanol–water partition coefficient (Wildman–Crippen LogP) is -10.4. The molecule has 2 aromatic carbocycles. The van der Waals surface area contributed by atoms with Crippen molar-refractivity contribution in [2.75, 3.05) is 184 Å². The van der Waals surface area contributed by atoms with Crippen LogP contribution < -0.4 is 69.5 Å². The summed E-state index contributed by atoms with van der Waals surface area (Å²) in [6, 6.07) is 9.70. The second-order valence-electron chi connectivity index (χ2n) is 34.2. The van der Waals surface area contributed by atoms with Gasteiger partial charge in [0, 0.05) is 201 Å². The molecule has 22 N–H and O–H groups in total. The summed E-state index contributed by atoms with van der Waals surface area (Å²) in [6.45, 7) is 3.88. The standard InChI is InChI=1S/C92H139N21O37/c1-58(116)94-22-32-110(87(135)63-8-4-61(5-9-63)50-112-52-65(106-108-112)56-147-91(89(137)138)48-67(119)81(104-59(2)117)85(149-91)83(133)69(121)54-114)33-24-96-73(125)14-16-75(127)98-26-36-141-42-44-143-38-28-100-77(129)18-20-79(131)102-30-40-145-46-47-146-41-31-103-80(132)21-19-78(130)101-29-39-144-45-43-142-37-27-99-76(128)17-15-74(126)97-25-35-111(34-23-95-72(124)13-12-71(93)123)88(136)64-10-6-62(7-11-64)51-113-53-66(107-109-113)57-148-92(90(139)140)49-68(120)82(105-60(3)118)86(150-92)84(134)70(122)55-115/h4-11,52-53,67-70,81-86,114-115,119-122,133-134H,12-51,54-57H2,1-3H3,(H2,93,123)(H,94,116)(H,95,124)(H,96,125)(H,97,126)(H,98,127)(H,99,128)(H,100,129)(H,101,130)(H,102,131)(H,103,132)(H,137,138)(H,139,140)/t67-,68+,69+,70-,81+,82-,83+,84-,85-,86-,91+,92-/m1/s1. The van der Waals surface area contributed by atoms with Crippen molar-refractivity contribution in [1.29, 1.82) is 0 Å². The Kier molecular flexibility index (Phi) is 57.5. The van der Waals surface area contributed by atoms with Crippen LogP contribution in [0.1, 0.15) is 141 Å². The van der Waals surface area contributed by atoms with Gasteiger partial charge < -0.3 is 167 Å². The summed E-state index contributed by atoms with van der Waals surface area (Å²) < 4.78 is 58.1. The molecule has 58 heteroatoms. The molecule has 6 rings (SSSR count). The van der Waals surface area contributed by atoms with E-state index in [4.69, 9.17) is 53.1 Å². The Labute approximate surface area is 861 Å². The molecule has 4 aromatic rings. The number of nitrogens with two attached hydrogens (primary N) is 1. The number of carboxylic acid groups (broad SMARTS) is 2. The number of carboxylic acids is 2. The van der Waals surface area contributed by atoms with E-state index in [1.165, 1.54) is 50.6 Å². The lowest BCUT2D eigenvalue weighted by atomic mass is 9.88. The number of amides is 15. The highest BCUT2D eigenvalue weighted by atomic mass is 16.7. The molecule has 15 amide bonds. The van der Waals surface area contributed by atoms with Gasteiger partial charge in [0.15, 0.2) is 0 Å². The van der Waals surface area contributed by atoms with Crippen molar-refractivity contribution in [1.82, 2.24) is 104 Å². The number of primary amides is 1. The zero-order valence-corrected chi connectivity index (χ0v) is 83.7. The van der Waals surface area contributed by atoms with Crippen LogP contribution in [0.5, 0.6) is 0 Å². The lowest BCUT2D eigenvalue weighted by molar-refractivity contribution is -0.315. The Balaban J connectivity index is 0.698. The van der Waals surface area contributed by atoms with Crippen molar-refractivity contribution in [3.05, 3.63) is 94.6 Å². The van der Waals surface area contributed by atoms with E-state index in [2.05, 4.69) is 84.4 Å². The van der Waals surface area contributed by atoms with Crippen molar-refractivity contribution in [3.8, 4) is 0 Å². The van der Waals surface area contributed by atoms with Crippen molar-refractivity contribution in [2.45, 2.75) is 197 Å². The van der Waals surface area contributed by atoms with Crippen LogP contribution in [0.4, 0.5) is 0 Å². The molecule has 2 radical (unpaired) electrons.